The van der Waals surface area contributed by atoms with Crippen LogP contribution >= 0.6 is 0 Å². The topological polar surface area (TPSA) is 64.8 Å². The summed E-state index contributed by atoms with van der Waals surface area (Å²) < 4.78 is 9.87. The number of rotatable bonds is 5. The van der Waals surface area contributed by atoms with Crippen molar-refractivity contribution in [3.8, 4) is 0 Å². The van der Waals surface area contributed by atoms with E-state index in [2.05, 4.69) is 0 Å². The van der Waals surface area contributed by atoms with E-state index in [1.54, 1.807) is 12.0 Å². The highest BCUT2D eigenvalue weighted by atomic mass is 16.6. The normalized spacial score (nSPS) is 22.3. The zero-order valence-electron chi connectivity index (χ0n) is 8.57. The van der Waals surface area contributed by atoms with Crippen LogP contribution in [0.5, 0.6) is 0 Å². The van der Waals surface area contributed by atoms with Crippen molar-refractivity contribution in [1.29, 1.82) is 0 Å². The van der Waals surface area contributed by atoms with Crippen molar-refractivity contribution in [1.82, 2.24) is 4.90 Å². The van der Waals surface area contributed by atoms with Gasteiger partial charge < -0.3 is 20.1 Å². The number of nitrogens with zero attached hydrogens (tertiary/aromatic N) is 1. The molecule has 1 heterocycles. The van der Waals surface area contributed by atoms with E-state index < -0.39 is 0 Å². The van der Waals surface area contributed by atoms with E-state index >= 15 is 0 Å². The van der Waals surface area contributed by atoms with Gasteiger partial charge in [-0.3, -0.25) is 0 Å². The maximum absolute atomic E-state index is 11.4. The van der Waals surface area contributed by atoms with Crippen LogP contribution in [-0.2, 0) is 9.47 Å². The fourth-order valence-corrected chi connectivity index (χ4v) is 1.57. The van der Waals surface area contributed by atoms with Crippen LogP contribution in [0.2, 0.25) is 0 Å². The molecule has 5 nitrogen and oxygen atoms in total. The number of hydrogen-bond acceptors (Lipinski definition) is 4. The van der Waals surface area contributed by atoms with Crippen molar-refractivity contribution >= 4 is 6.09 Å². The molecule has 1 aliphatic rings. The van der Waals surface area contributed by atoms with Crippen LogP contribution in [0.4, 0.5) is 4.79 Å². The maximum atomic E-state index is 11.4. The van der Waals surface area contributed by atoms with Crippen LogP contribution in [0.25, 0.3) is 0 Å². The van der Waals surface area contributed by atoms with E-state index in [9.17, 15) is 4.79 Å². The molecule has 1 atom stereocenters. The molecule has 0 aromatic rings. The highest BCUT2D eigenvalue weighted by Crippen LogP contribution is 2.12. The van der Waals surface area contributed by atoms with Gasteiger partial charge in [0.2, 0.25) is 0 Å². The van der Waals surface area contributed by atoms with Gasteiger partial charge in [0, 0.05) is 33.2 Å². The second kappa shape index (κ2) is 5.82. The van der Waals surface area contributed by atoms with Crippen molar-refractivity contribution in [3.05, 3.63) is 0 Å². The third kappa shape index (κ3) is 2.85. The predicted molar refractivity (Wildman–Crippen MR) is 52.0 cm³/mol. The minimum absolute atomic E-state index is 0.133. The number of hydrogen-bond donors (Lipinski definition) is 1. The fraction of sp³-hybridized carbons (Fsp3) is 0.889. The van der Waals surface area contributed by atoms with Gasteiger partial charge in [-0.2, -0.15) is 0 Å². The van der Waals surface area contributed by atoms with E-state index in [4.69, 9.17) is 15.2 Å². The van der Waals surface area contributed by atoms with Crippen molar-refractivity contribution in [2.75, 3.05) is 33.4 Å². The lowest BCUT2D eigenvalue weighted by molar-refractivity contribution is 0.0426. The molecule has 1 fully saturated rings. The summed E-state index contributed by atoms with van der Waals surface area (Å²) in [6.07, 6.45) is 1.40. The predicted octanol–water partition coefficient (Wildman–Crippen LogP) is 0.193. The molecule has 14 heavy (non-hydrogen) atoms. The lowest BCUT2D eigenvalue weighted by Crippen LogP contribution is -2.49. The van der Waals surface area contributed by atoms with Gasteiger partial charge in [0.15, 0.2) is 0 Å². The first-order chi connectivity index (χ1) is 6.79. The summed E-state index contributed by atoms with van der Waals surface area (Å²) in [6.45, 7) is 2.30. The number of nitrogens with two attached hydrogens (primary N) is 1. The van der Waals surface area contributed by atoms with Crippen molar-refractivity contribution < 1.29 is 14.3 Å². The van der Waals surface area contributed by atoms with Gasteiger partial charge in [-0.15, -0.1) is 0 Å². The lowest BCUT2D eigenvalue weighted by atomic mass is 10.1. The summed E-state index contributed by atoms with van der Waals surface area (Å²) in [5.74, 6) is 0. The van der Waals surface area contributed by atoms with Gasteiger partial charge in [0.25, 0.3) is 0 Å². The number of cyclic esters (lactones) is 1. The molecular formula is C9H18N2O3. The molecule has 0 aromatic heterocycles. The van der Waals surface area contributed by atoms with Gasteiger partial charge in [-0.25, -0.2) is 4.79 Å². The summed E-state index contributed by atoms with van der Waals surface area (Å²) in [6, 6.07) is 0.133. The molecule has 1 aliphatic heterocycles. The minimum atomic E-state index is -0.247. The summed E-state index contributed by atoms with van der Waals surface area (Å²) in [5, 5.41) is 0. The molecule has 2 N–H and O–H groups in total. The van der Waals surface area contributed by atoms with Crippen LogP contribution in [0.3, 0.4) is 0 Å². The van der Waals surface area contributed by atoms with Crippen LogP contribution in [0, 0.1) is 0 Å². The SMILES string of the molecule is COCCCN1C(=O)OCCC1CN. The molecule has 0 aliphatic carbocycles. The number of amides is 1. The van der Waals surface area contributed by atoms with Crippen molar-refractivity contribution in [2.24, 2.45) is 5.73 Å². The lowest BCUT2D eigenvalue weighted by Gasteiger charge is -2.34. The molecule has 0 bridgehead atoms. The first-order valence-electron chi connectivity index (χ1n) is 4.92. The summed E-state index contributed by atoms with van der Waals surface area (Å²) in [4.78, 5) is 13.1. The smallest absolute Gasteiger partial charge is 0.410 e. The second-order valence-corrected chi connectivity index (χ2v) is 3.33. The van der Waals surface area contributed by atoms with Gasteiger partial charge >= 0.3 is 6.09 Å². The Bertz CT molecular complexity index is 187. The molecule has 0 radical (unpaired) electrons. The Morgan fingerprint density at radius 2 is 2.50 bits per heavy atom. The Morgan fingerprint density at radius 3 is 3.14 bits per heavy atom. The van der Waals surface area contributed by atoms with Crippen molar-refractivity contribution in [2.45, 2.75) is 18.9 Å². The Hall–Kier alpha value is -0.810. The van der Waals surface area contributed by atoms with E-state index in [1.807, 2.05) is 0 Å². The number of carbonyl (C=O) groups excluding carboxylic acids is 1. The largest absolute Gasteiger partial charge is 0.449 e. The standard InChI is InChI=1S/C9H18N2O3/c1-13-5-2-4-11-8(7-10)3-6-14-9(11)12/h8H,2-7,10H2,1H3. The van der Waals surface area contributed by atoms with Crippen LogP contribution < -0.4 is 5.73 Å². The van der Waals surface area contributed by atoms with Gasteiger partial charge in [-0.05, 0) is 6.42 Å². The molecule has 1 unspecified atom stereocenters. The van der Waals surface area contributed by atoms with E-state index in [1.165, 1.54) is 0 Å². The Balaban J connectivity index is 2.38. The number of carbonyl (C=O) groups is 1. The summed E-state index contributed by atoms with van der Waals surface area (Å²) >= 11 is 0. The third-order valence-corrected chi connectivity index (χ3v) is 2.37. The van der Waals surface area contributed by atoms with Gasteiger partial charge in [-0.1, -0.05) is 0 Å². The summed E-state index contributed by atoms with van der Waals surface area (Å²) in [5.41, 5.74) is 5.58. The average molecular weight is 202 g/mol. The van der Waals surface area contributed by atoms with E-state index in [-0.39, 0.29) is 12.1 Å². The highest BCUT2D eigenvalue weighted by Gasteiger charge is 2.27. The Kier molecular flexibility index (Phi) is 4.69. The highest BCUT2D eigenvalue weighted by molar-refractivity contribution is 5.68. The first kappa shape index (κ1) is 11.3. The van der Waals surface area contributed by atoms with Crippen molar-refractivity contribution in [3.63, 3.8) is 0 Å². The minimum Gasteiger partial charge on any atom is -0.449 e. The molecule has 1 saturated heterocycles. The summed E-state index contributed by atoms with van der Waals surface area (Å²) in [7, 11) is 1.65. The fourth-order valence-electron chi connectivity index (χ4n) is 1.57. The maximum Gasteiger partial charge on any atom is 0.410 e. The van der Waals surface area contributed by atoms with Crippen LogP contribution in [-0.4, -0.2) is 50.4 Å². The van der Waals surface area contributed by atoms with E-state index in [0.717, 1.165) is 12.8 Å². The molecule has 0 aromatic carbocycles. The van der Waals surface area contributed by atoms with Gasteiger partial charge in [0.1, 0.15) is 0 Å². The third-order valence-electron chi connectivity index (χ3n) is 2.37. The molecule has 1 amide bonds. The Morgan fingerprint density at radius 1 is 1.71 bits per heavy atom. The molecule has 1 rings (SSSR count). The molecule has 0 saturated carbocycles. The first-order valence-corrected chi connectivity index (χ1v) is 4.92. The molecule has 0 spiro atoms. The monoisotopic (exact) mass is 202 g/mol. The van der Waals surface area contributed by atoms with E-state index in [0.29, 0.717) is 26.3 Å². The van der Waals surface area contributed by atoms with Crippen LogP contribution in [0.1, 0.15) is 12.8 Å². The zero-order valence-corrected chi connectivity index (χ0v) is 8.57. The molecule has 82 valence electrons. The molecular weight excluding hydrogens is 184 g/mol. The van der Waals surface area contributed by atoms with Crippen LogP contribution in [0.15, 0.2) is 0 Å². The zero-order chi connectivity index (χ0) is 10.4. The molecule has 5 heteroatoms. The Labute approximate surface area is 84.1 Å². The second-order valence-electron chi connectivity index (χ2n) is 3.33. The number of ether oxygens (including phenoxy) is 2. The average Bonchev–Trinajstić information content (AvgIpc) is 2.20. The van der Waals surface area contributed by atoms with Gasteiger partial charge in [0.05, 0.1) is 12.6 Å². The quantitative estimate of drug-likeness (QED) is 0.646. The number of methoxy groups -OCH3 is 1.